The van der Waals surface area contributed by atoms with Crippen LogP contribution in [-0.2, 0) is 0 Å². The molecule has 0 aromatic carbocycles. The van der Waals surface area contributed by atoms with Crippen molar-refractivity contribution in [2.45, 2.75) is 0 Å². The van der Waals surface area contributed by atoms with Crippen LogP contribution in [0.4, 0.5) is 4.79 Å². The second-order valence-corrected chi connectivity index (χ2v) is 0.540. The Balaban J connectivity index is -0.0000000233. The van der Waals surface area contributed by atoms with Crippen molar-refractivity contribution < 1.29 is 74.1 Å². The minimum Gasteiger partial charge on any atom is -0.753 e. The first-order valence-electron chi connectivity index (χ1n) is 1.06. The topological polar surface area (TPSA) is 82.7 Å². The first-order chi connectivity index (χ1) is 3.15. The van der Waals surface area contributed by atoms with E-state index in [0.29, 0.717) is 0 Å². The summed E-state index contributed by atoms with van der Waals surface area (Å²) in [5, 5.41) is 23.8. The van der Waals surface area contributed by atoms with Gasteiger partial charge in [-0.15, -0.1) is 0 Å². The molecule has 0 aliphatic carbocycles. The number of nitrogens with zero attached hydrogens (tertiary/aromatic N) is 1. The van der Waals surface area contributed by atoms with Crippen LogP contribution in [0.25, 0.3) is 5.41 Å². The van der Waals surface area contributed by atoms with Crippen molar-refractivity contribution in [1.82, 2.24) is 0 Å². The van der Waals surface area contributed by atoms with Crippen LogP contribution < -0.4 is 64.2 Å². The van der Waals surface area contributed by atoms with Gasteiger partial charge in [0.25, 0.3) is 0 Å². The summed E-state index contributed by atoms with van der Waals surface area (Å²) in [6.45, 7) is 0. The van der Waals surface area contributed by atoms with Gasteiger partial charge in [-0.1, -0.05) is 12.2 Å². The van der Waals surface area contributed by atoms with Crippen LogP contribution in [0.5, 0.6) is 0 Å². The first kappa shape index (κ1) is 22.5. The molecule has 1 N–H and O–H groups in total. The van der Waals surface area contributed by atoms with Crippen molar-refractivity contribution in [2.24, 2.45) is 0 Å². The van der Waals surface area contributed by atoms with E-state index in [4.69, 9.17) is 20.4 Å². The van der Waals surface area contributed by atoms with Crippen molar-refractivity contribution in [2.75, 3.05) is 0 Å². The summed E-state index contributed by atoms with van der Waals surface area (Å²) >= 11 is 3.70. The van der Waals surface area contributed by atoms with Gasteiger partial charge in [-0.25, -0.2) is 0 Å². The normalized spacial score (nSPS) is 3.56. The molecule has 40 valence electrons. The van der Waals surface area contributed by atoms with E-state index in [-0.39, 0.29) is 59.1 Å². The first-order valence-corrected chi connectivity index (χ1v) is 1.47. The van der Waals surface area contributed by atoms with Crippen LogP contribution in [-0.4, -0.2) is 16.4 Å². The Kier molecular flexibility index (Phi) is 57.4. The van der Waals surface area contributed by atoms with Crippen molar-refractivity contribution in [3.63, 3.8) is 0 Å². The summed E-state index contributed by atoms with van der Waals surface area (Å²) in [5.74, 6) is 0. The molecular weight excluding hydrogens is 164 g/mol. The van der Waals surface area contributed by atoms with Gasteiger partial charge in [0.05, 0.1) is 0 Å². The standard InChI is InChI=1S/CNS.CH2O3.2Na/c2-1-3;2-1(3)4;;/h;(H2,2,3,4);;/q-1;;2*+1/p-1. The Morgan fingerprint density at radius 2 is 1.67 bits per heavy atom. The molecule has 0 aliphatic heterocycles. The van der Waals surface area contributed by atoms with E-state index in [2.05, 4.69) is 12.2 Å². The Labute approximate surface area is 102 Å². The molecule has 0 atom stereocenters. The maximum Gasteiger partial charge on any atom is 1.00 e. The molecule has 0 fully saturated rings. The molecule has 4 nitrogen and oxygen atoms in total. The van der Waals surface area contributed by atoms with Crippen LogP contribution in [0.15, 0.2) is 0 Å². The van der Waals surface area contributed by atoms with Crippen LogP contribution in [0.2, 0.25) is 0 Å². The molecular formula is C2HNNa2O3S. The number of isothiocyanates is 1. The van der Waals surface area contributed by atoms with E-state index in [1.54, 1.807) is 0 Å². The molecule has 0 aromatic heterocycles. The summed E-state index contributed by atoms with van der Waals surface area (Å²) in [7, 11) is 0. The Hall–Kier alpha value is 1.07. The van der Waals surface area contributed by atoms with Gasteiger partial charge >= 0.3 is 59.1 Å². The predicted octanol–water partition coefficient (Wildman–Crippen LogP) is -6.45. The summed E-state index contributed by atoms with van der Waals surface area (Å²) in [5.41, 5.74) is 0. The van der Waals surface area contributed by atoms with Gasteiger partial charge in [0.2, 0.25) is 6.16 Å². The number of rotatable bonds is 0. The summed E-state index contributed by atoms with van der Waals surface area (Å²) in [6.07, 6.45) is -2.08. The Morgan fingerprint density at radius 3 is 1.67 bits per heavy atom. The van der Waals surface area contributed by atoms with E-state index in [0.717, 1.165) is 0 Å². The second kappa shape index (κ2) is 23.0. The summed E-state index contributed by atoms with van der Waals surface area (Å²) in [4.78, 5) is 8.44. The third kappa shape index (κ3) is 396. The van der Waals surface area contributed by atoms with Gasteiger partial charge in [-0.05, 0) is 0 Å². The van der Waals surface area contributed by atoms with E-state index >= 15 is 0 Å². The fourth-order valence-electron chi connectivity index (χ4n) is 0. The maximum atomic E-state index is 8.44. The number of carboxylic acid groups (broad SMARTS) is 2. The minimum absolute atomic E-state index is 0. The molecule has 0 aliphatic rings. The van der Waals surface area contributed by atoms with E-state index in [9.17, 15) is 0 Å². The zero-order chi connectivity index (χ0) is 6.28. The average molecular weight is 165 g/mol. The number of hydrogen-bond acceptors (Lipinski definition) is 3. The van der Waals surface area contributed by atoms with Gasteiger partial charge in [0, 0.05) is 0 Å². The second-order valence-electron chi connectivity index (χ2n) is 0.357. The maximum absolute atomic E-state index is 8.44. The quantitative estimate of drug-likeness (QED) is 0.220. The van der Waals surface area contributed by atoms with Crippen LogP contribution in [0, 0.1) is 0 Å². The fraction of sp³-hybridized carbons (Fsp3) is 0. The monoisotopic (exact) mass is 165 g/mol. The van der Waals surface area contributed by atoms with Crippen molar-refractivity contribution in [3.8, 4) is 0 Å². The molecule has 9 heavy (non-hydrogen) atoms. The van der Waals surface area contributed by atoms with Crippen LogP contribution in [0.3, 0.4) is 0 Å². The zero-order valence-electron chi connectivity index (χ0n) is 5.12. The van der Waals surface area contributed by atoms with Crippen molar-refractivity contribution >= 4 is 23.5 Å². The molecule has 0 unspecified atom stereocenters. The predicted molar refractivity (Wildman–Crippen MR) is 24.0 cm³/mol. The van der Waals surface area contributed by atoms with Crippen molar-refractivity contribution in [1.29, 1.82) is 0 Å². The van der Waals surface area contributed by atoms with E-state index < -0.39 is 6.16 Å². The molecule has 0 spiro atoms. The van der Waals surface area contributed by atoms with Gasteiger partial charge in [0.15, 0.2) is 0 Å². The summed E-state index contributed by atoms with van der Waals surface area (Å²) < 4.78 is 0. The molecule has 0 amide bonds. The Bertz CT molecular complexity index is 87.8. The van der Waals surface area contributed by atoms with Gasteiger partial charge < -0.3 is 20.4 Å². The largest absolute Gasteiger partial charge is 1.00 e. The number of carbonyl (C=O) groups is 1. The third-order valence-electron chi connectivity index (χ3n) is 0. The molecule has 0 rings (SSSR count). The van der Waals surface area contributed by atoms with Crippen LogP contribution >= 0.6 is 12.2 Å². The number of thiocarbonyl (C=S) groups is 1. The average Bonchev–Trinajstić information content (AvgIpc) is 1.33. The fourth-order valence-corrected chi connectivity index (χ4v) is 0. The van der Waals surface area contributed by atoms with E-state index in [1.165, 1.54) is 5.16 Å². The smallest absolute Gasteiger partial charge is 0.753 e. The SMILES string of the molecule is O=C([O-])O.[N-]=C=S.[Na+].[Na+]. The number of hydrogen-bond donors (Lipinski definition) is 1. The molecule has 7 heteroatoms. The van der Waals surface area contributed by atoms with Crippen LogP contribution in [0.1, 0.15) is 0 Å². The molecule has 0 bridgehead atoms. The van der Waals surface area contributed by atoms with Gasteiger partial charge in [0.1, 0.15) is 0 Å². The molecule has 0 saturated carbocycles. The van der Waals surface area contributed by atoms with E-state index in [1.807, 2.05) is 0 Å². The third-order valence-corrected chi connectivity index (χ3v) is 0. The van der Waals surface area contributed by atoms with Gasteiger partial charge in [-0.3, -0.25) is 0 Å². The van der Waals surface area contributed by atoms with Crippen molar-refractivity contribution in [3.05, 3.63) is 5.41 Å². The molecule has 0 aromatic rings. The Morgan fingerprint density at radius 1 is 1.67 bits per heavy atom. The minimum atomic E-state index is -2.08. The summed E-state index contributed by atoms with van der Waals surface area (Å²) in [6, 6.07) is 0. The molecule has 0 saturated heterocycles. The zero-order valence-corrected chi connectivity index (χ0v) is 9.94. The molecule has 0 heterocycles. The molecule has 0 radical (unpaired) electrons. The van der Waals surface area contributed by atoms with Gasteiger partial charge in [-0.2, -0.15) is 5.16 Å².